The predicted molar refractivity (Wildman–Crippen MR) is 87.4 cm³/mol. The fourth-order valence-corrected chi connectivity index (χ4v) is 3.43. The van der Waals surface area contributed by atoms with Gasteiger partial charge in [0, 0.05) is 19.4 Å². The van der Waals surface area contributed by atoms with Crippen LogP contribution in [0.15, 0.2) is 29.2 Å². The van der Waals surface area contributed by atoms with Gasteiger partial charge in [0.25, 0.3) is 0 Å². The zero-order valence-electron chi connectivity index (χ0n) is 13.4. The minimum Gasteiger partial charge on any atom is -0.274 e. The summed E-state index contributed by atoms with van der Waals surface area (Å²) in [7, 11) is -3.57. The molecule has 0 aromatic heterocycles. The van der Waals surface area contributed by atoms with Crippen LogP contribution in [0.3, 0.4) is 0 Å². The Balaban J connectivity index is 2.12. The molecule has 1 fully saturated rings. The number of hydrogen-bond donors (Lipinski definition) is 1. The molecule has 1 aliphatic heterocycles. The van der Waals surface area contributed by atoms with Crippen LogP contribution in [0.1, 0.15) is 39.5 Å². The van der Waals surface area contributed by atoms with E-state index in [0.29, 0.717) is 37.4 Å². The van der Waals surface area contributed by atoms with Crippen LogP contribution < -0.4 is 9.62 Å². The van der Waals surface area contributed by atoms with Crippen molar-refractivity contribution >= 4 is 27.5 Å². The van der Waals surface area contributed by atoms with Gasteiger partial charge in [-0.15, -0.1) is 0 Å². The van der Waals surface area contributed by atoms with Crippen molar-refractivity contribution in [3.8, 4) is 0 Å². The number of imide groups is 1. The number of hydrogen-bond acceptors (Lipinski definition) is 4. The number of nitrogens with one attached hydrogen (secondary N) is 1. The van der Waals surface area contributed by atoms with Gasteiger partial charge in [0.1, 0.15) is 0 Å². The molecule has 126 valence electrons. The van der Waals surface area contributed by atoms with Gasteiger partial charge in [0.2, 0.25) is 21.8 Å². The van der Waals surface area contributed by atoms with Crippen molar-refractivity contribution in [2.75, 3.05) is 11.4 Å². The fraction of sp³-hybridized carbons (Fsp3) is 0.500. The lowest BCUT2D eigenvalue weighted by molar-refractivity contribution is -0.129. The molecule has 23 heavy (non-hydrogen) atoms. The molecular weight excluding hydrogens is 316 g/mol. The molecule has 7 heteroatoms. The third kappa shape index (κ3) is 4.39. The maximum absolute atomic E-state index is 12.2. The molecule has 1 aliphatic rings. The summed E-state index contributed by atoms with van der Waals surface area (Å²) in [6.07, 6.45) is 2.00. The number of rotatable bonds is 6. The molecule has 1 saturated heterocycles. The Morgan fingerprint density at radius 3 is 2.17 bits per heavy atom. The second-order valence-electron chi connectivity index (χ2n) is 6.05. The minimum atomic E-state index is -3.57. The highest BCUT2D eigenvalue weighted by molar-refractivity contribution is 7.89. The molecule has 0 unspecified atom stereocenters. The lowest BCUT2D eigenvalue weighted by Crippen LogP contribution is -2.40. The van der Waals surface area contributed by atoms with Crippen molar-refractivity contribution < 1.29 is 18.0 Å². The van der Waals surface area contributed by atoms with Gasteiger partial charge < -0.3 is 0 Å². The van der Waals surface area contributed by atoms with Crippen molar-refractivity contribution in [3.05, 3.63) is 24.3 Å². The zero-order chi connectivity index (χ0) is 17.0. The summed E-state index contributed by atoms with van der Waals surface area (Å²) >= 11 is 0. The molecule has 0 bridgehead atoms. The third-order valence-corrected chi connectivity index (χ3v) is 5.18. The second-order valence-corrected chi connectivity index (χ2v) is 7.82. The van der Waals surface area contributed by atoms with Gasteiger partial charge in [-0.2, -0.15) is 0 Å². The molecule has 6 nitrogen and oxygen atoms in total. The fourth-order valence-electron chi connectivity index (χ4n) is 2.38. The van der Waals surface area contributed by atoms with Crippen LogP contribution in [0.25, 0.3) is 0 Å². The predicted octanol–water partition coefficient (Wildman–Crippen LogP) is 2.05. The summed E-state index contributed by atoms with van der Waals surface area (Å²) in [5, 5.41) is 0. The third-order valence-electron chi connectivity index (χ3n) is 3.70. The van der Waals surface area contributed by atoms with Crippen molar-refractivity contribution in [2.24, 2.45) is 5.92 Å². The summed E-state index contributed by atoms with van der Waals surface area (Å²) < 4.78 is 26.9. The molecule has 2 rings (SSSR count). The smallest absolute Gasteiger partial charge is 0.240 e. The van der Waals surface area contributed by atoms with E-state index >= 15 is 0 Å². The Bertz CT molecular complexity index is 665. The van der Waals surface area contributed by atoms with Crippen LogP contribution in [-0.2, 0) is 19.6 Å². The van der Waals surface area contributed by atoms with Crippen LogP contribution in [0.5, 0.6) is 0 Å². The topological polar surface area (TPSA) is 83.6 Å². The summed E-state index contributed by atoms with van der Waals surface area (Å²) in [4.78, 5) is 25.0. The van der Waals surface area contributed by atoms with Crippen molar-refractivity contribution in [1.82, 2.24) is 4.72 Å². The SMILES string of the molecule is CC(C)CCNS(=O)(=O)c1ccc(N2C(=O)CCCC2=O)cc1. The lowest BCUT2D eigenvalue weighted by Gasteiger charge is -2.24. The Kier molecular flexibility index (Phi) is 5.54. The highest BCUT2D eigenvalue weighted by Gasteiger charge is 2.27. The van der Waals surface area contributed by atoms with Crippen LogP contribution in [-0.4, -0.2) is 26.8 Å². The number of carbonyl (C=O) groups excluding carboxylic acids is 2. The van der Waals surface area contributed by atoms with E-state index in [9.17, 15) is 18.0 Å². The summed E-state index contributed by atoms with van der Waals surface area (Å²) in [5.41, 5.74) is 0.417. The number of amides is 2. The van der Waals surface area contributed by atoms with Gasteiger partial charge in [0.05, 0.1) is 10.6 Å². The van der Waals surface area contributed by atoms with E-state index in [1.165, 1.54) is 24.3 Å². The number of sulfonamides is 1. The van der Waals surface area contributed by atoms with Crippen molar-refractivity contribution in [3.63, 3.8) is 0 Å². The highest BCUT2D eigenvalue weighted by atomic mass is 32.2. The lowest BCUT2D eigenvalue weighted by atomic mass is 10.1. The van der Waals surface area contributed by atoms with Gasteiger partial charge in [-0.3, -0.25) is 14.5 Å². The summed E-state index contributed by atoms with van der Waals surface area (Å²) in [6, 6.07) is 5.83. The van der Waals surface area contributed by atoms with E-state index in [-0.39, 0.29) is 16.7 Å². The van der Waals surface area contributed by atoms with Gasteiger partial charge in [-0.05, 0) is 43.0 Å². The second kappa shape index (κ2) is 7.23. The first kappa shape index (κ1) is 17.6. The average Bonchev–Trinajstić information content (AvgIpc) is 2.47. The number of anilines is 1. The summed E-state index contributed by atoms with van der Waals surface area (Å²) in [5.74, 6) is -0.0740. The van der Waals surface area contributed by atoms with E-state index in [4.69, 9.17) is 0 Å². The first-order valence-electron chi connectivity index (χ1n) is 7.77. The largest absolute Gasteiger partial charge is 0.274 e. The van der Waals surface area contributed by atoms with Crippen LogP contribution in [0.4, 0.5) is 5.69 Å². The van der Waals surface area contributed by atoms with Gasteiger partial charge >= 0.3 is 0 Å². The molecule has 1 aromatic rings. The number of nitrogens with zero attached hydrogens (tertiary/aromatic N) is 1. The molecule has 0 saturated carbocycles. The average molecular weight is 338 g/mol. The standard InChI is InChI=1S/C16H22N2O4S/c1-12(2)10-11-17-23(21,22)14-8-6-13(7-9-14)18-15(19)4-3-5-16(18)20/h6-9,12,17H,3-5,10-11H2,1-2H3. The van der Waals surface area contributed by atoms with E-state index < -0.39 is 10.0 Å². The van der Waals surface area contributed by atoms with E-state index in [1.54, 1.807) is 0 Å². The first-order valence-corrected chi connectivity index (χ1v) is 9.25. The number of carbonyl (C=O) groups is 2. The summed E-state index contributed by atoms with van der Waals surface area (Å²) in [6.45, 7) is 4.43. The Morgan fingerprint density at radius 1 is 1.09 bits per heavy atom. The molecule has 1 aromatic carbocycles. The Hall–Kier alpha value is -1.73. The monoisotopic (exact) mass is 338 g/mol. The molecule has 0 radical (unpaired) electrons. The van der Waals surface area contributed by atoms with Crippen LogP contribution in [0.2, 0.25) is 0 Å². The van der Waals surface area contributed by atoms with E-state index in [0.717, 1.165) is 11.3 Å². The molecule has 2 amide bonds. The minimum absolute atomic E-state index is 0.127. The molecular formula is C16H22N2O4S. The van der Waals surface area contributed by atoms with Crippen LogP contribution >= 0.6 is 0 Å². The zero-order valence-corrected chi connectivity index (χ0v) is 14.2. The van der Waals surface area contributed by atoms with Crippen LogP contribution in [0, 0.1) is 5.92 Å². The highest BCUT2D eigenvalue weighted by Crippen LogP contribution is 2.23. The first-order chi connectivity index (χ1) is 10.8. The maximum Gasteiger partial charge on any atom is 0.240 e. The van der Waals surface area contributed by atoms with Gasteiger partial charge in [0.15, 0.2) is 0 Å². The van der Waals surface area contributed by atoms with E-state index in [1.807, 2.05) is 13.8 Å². The van der Waals surface area contributed by atoms with E-state index in [2.05, 4.69) is 4.72 Å². The van der Waals surface area contributed by atoms with Crippen molar-refractivity contribution in [1.29, 1.82) is 0 Å². The Morgan fingerprint density at radius 2 is 1.65 bits per heavy atom. The number of benzene rings is 1. The van der Waals surface area contributed by atoms with Gasteiger partial charge in [-0.1, -0.05) is 13.8 Å². The molecule has 0 atom stereocenters. The molecule has 0 spiro atoms. The van der Waals surface area contributed by atoms with Gasteiger partial charge in [-0.25, -0.2) is 13.1 Å². The molecule has 1 heterocycles. The Labute approximate surface area is 136 Å². The van der Waals surface area contributed by atoms with Crippen molar-refractivity contribution in [2.45, 2.75) is 44.4 Å². The normalized spacial score (nSPS) is 16.2. The quantitative estimate of drug-likeness (QED) is 0.805. The maximum atomic E-state index is 12.2. The number of piperidine rings is 1. The molecule has 0 aliphatic carbocycles. The molecule has 1 N–H and O–H groups in total.